The van der Waals surface area contributed by atoms with Gasteiger partial charge in [0.1, 0.15) is 5.82 Å². The van der Waals surface area contributed by atoms with Crippen molar-refractivity contribution >= 4 is 17.4 Å². The van der Waals surface area contributed by atoms with E-state index in [0.29, 0.717) is 34.9 Å². The van der Waals surface area contributed by atoms with E-state index in [0.717, 1.165) is 6.42 Å². The fourth-order valence-electron chi connectivity index (χ4n) is 3.10. The number of nitrogen functional groups attached to an aromatic ring is 1. The minimum absolute atomic E-state index is 0.345. The Morgan fingerprint density at radius 2 is 2.10 bits per heavy atom. The van der Waals surface area contributed by atoms with E-state index in [-0.39, 0.29) is 0 Å². The van der Waals surface area contributed by atoms with E-state index >= 15 is 0 Å². The van der Waals surface area contributed by atoms with Crippen molar-refractivity contribution in [1.82, 2.24) is 4.98 Å². The maximum Gasteiger partial charge on any atom is 0.252 e. The van der Waals surface area contributed by atoms with Crippen LogP contribution in [0, 0.1) is 11.8 Å². The van der Waals surface area contributed by atoms with Crippen LogP contribution in [0.5, 0.6) is 0 Å². The van der Waals surface area contributed by atoms with Gasteiger partial charge in [0.2, 0.25) is 0 Å². The van der Waals surface area contributed by atoms with Crippen LogP contribution in [0.4, 0.5) is 11.5 Å². The summed E-state index contributed by atoms with van der Waals surface area (Å²) in [6.45, 7) is 4.49. The second-order valence-corrected chi connectivity index (χ2v) is 5.97. The highest BCUT2D eigenvalue weighted by molar-refractivity contribution is 5.98. The number of aromatic nitrogens is 1. The lowest BCUT2D eigenvalue weighted by Crippen LogP contribution is -2.36. The average Bonchev–Trinajstić information content (AvgIpc) is 2.41. The lowest BCUT2D eigenvalue weighted by atomic mass is 9.78. The number of carbonyl (C=O) groups excluding carboxylic acids is 1. The first-order valence-corrected chi connectivity index (χ1v) is 7.31. The topological polar surface area (TPSA) is 94.0 Å². The maximum absolute atomic E-state index is 11.5. The molecule has 5 nitrogen and oxygen atoms in total. The number of amides is 1. The number of hydrogen-bond donors (Lipinski definition) is 3. The first kappa shape index (κ1) is 14.6. The number of pyridine rings is 1. The minimum atomic E-state index is -0.496. The molecule has 0 radical (unpaired) electrons. The van der Waals surface area contributed by atoms with Crippen molar-refractivity contribution in [3.8, 4) is 0 Å². The normalized spacial score (nSPS) is 22.8. The molecule has 1 aromatic heterocycles. The lowest BCUT2D eigenvalue weighted by molar-refractivity contribution is 0.100. The zero-order valence-corrected chi connectivity index (χ0v) is 12.2. The van der Waals surface area contributed by atoms with Crippen molar-refractivity contribution < 1.29 is 4.79 Å². The summed E-state index contributed by atoms with van der Waals surface area (Å²) in [5, 5.41) is 3.42. The highest BCUT2D eigenvalue weighted by Crippen LogP contribution is 2.32. The van der Waals surface area contributed by atoms with E-state index in [1.54, 1.807) is 12.3 Å². The van der Waals surface area contributed by atoms with Crippen LogP contribution >= 0.6 is 0 Å². The highest BCUT2D eigenvalue weighted by atomic mass is 16.1. The number of primary amides is 1. The van der Waals surface area contributed by atoms with E-state index in [4.69, 9.17) is 11.5 Å². The predicted molar refractivity (Wildman–Crippen MR) is 81.4 cm³/mol. The Morgan fingerprint density at radius 3 is 2.75 bits per heavy atom. The molecule has 2 atom stereocenters. The molecule has 1 fully saturated rings. The van der Waals surface area contributed by atoms with E-state index in [9.17, 15) is 4.79 Å². The van der Waals surface area contributed by atoms with Crippen LogP contribution in [0.25, 0.3) is 0 Å². The molecule has 1 amide bonds. The Bertz CT molecular complexity index is 487. The SMILES string of the molecule is CC(C)C1CCCCC1Nc1ncc(N)cc1C(N)=O. The van der Waals surface area contributed by atoms with Gasteiger partial charge >= 0.3 is 0 Å². The fraction of sp³-hybridized carbons (Fsp3) is 0.600. The van der Waals surface area contributed by atoms with Gasteiger partial charge in [-0.25, -0.2) is 4.98 Å². The van der Waals surface area contributed by atoms with Crippen molar-refractivity contribution in [1.29, 1.82) is 0 Å². The van der Waals surface area contributed by atoms with Crippen molar-refractivity contribution in [3.05, 3.63) is 17.8 Å². The minimum Gasteiger partial charge on any atom is -0.397 e. The van der Waals surface area contributed by atoms with Gasteiger partial charge in [0, 0.05) is 6.04 Å². The standard InChI is InChI=1S/C15H24N4O/c1-9(2)11-5-3-4-6-13(11)19-15-12(14(17)20)7-10(16)8-18-15/h7-9,11,13H,3-6,16H2,1-2H3,(H2,17,20)(H,18,19). The summed E-state index contributed by atoms with van der Waals surface area (Å²) in [6.07, 6.45) is 6.37. The first-order chi connectivity index (χ1) is 9.49. The van der Waals surface area contributed by atoms with Gasteiger partial charge in [-0.05, 0) is 30.7 Å². The summed E-state index contributed by atoms with van der Waals surface area (Å²) in [5.74, 6) is 1.27. The zero-order valence-electron chi connectivity index (χ0n) is 12.2. The summed E-state index contributed by atoms with van der Waals surface area (Å²) in [7, 11) is 0. The number of nitrogens with zero attached hydrogens (tertiary/aromatic N) is 1. The number of carbonyl (C=O) groups is 1. The van der Waals surface area contributed by atoms with Gasteiger partial charge < -0.3 is 16.8 Å². The monoisotopic (exact) mass is 276 g/mol. The molecule has 0 aliphatic heterocycles. The van der Waals surface area contributed by atoms with E-state index in [1.807, 2.05) is 0 Å². The molecule has 1 aromatic rings. The fourth-order valence-corrected chi connectivity index (χ4v) is 3.10. The van der Waals surface area contributed by atoms with E-state index < -0.39 is 5.91 Å². The van der Waals surface area contributed by atoms with Gasteiger partial charge in [0.05, 0.1) is 17.4 Å². The molecule has 5 heteroatoms. The third-order valence-corrected chi connectivity index (χ3v) is 4.17. The molecule has 5 N–H and O–H groups in total. The van der Waals surface area contributed by atoms with E-state index in [2.05, 4.69) is 24.1 Å². The number of hydrogen-bond acceptors (Lipinski definition) is 4. The first-order valence-electron chi connectivity index (χ1n) is 7.31. The molecule has 20 heavy (non-hydrogen) atoms. The Balaban J connectivity index is 2.22. The zero-order chi connectivity index (χ0) is 14.7. The summed E-state index contributed by atoms with van der Waals surface area (Å²) in [4.78, 5) is 15.8. The van der Waals surface area contributed by atoms with Crippen molar-refractivity contribution in [2.75, 3.05) is 11.1 Å². The quantitative estimate of drug-likeness (QED) is 0.787. The second kappa shape index (κ2) is 6.11. The summed E-state index contributed by atoms with van der Waals surface area (Å²) >= 11 is 0. The van der Waals surface area contributed by atoms with E-state index in [1.165, 1.54) is 19.3 Å². The van der Waals surface area contributed by atoms with Crippen LogP contribution in [-0.2, 0) is 0 Å². The third kappa shape index (κ3) is 3.21. The molecule has 1 aliphatic carbocycles. The van der Waals surface area contributed by atoms with Crippen molar-refractivity contribution in [2.24, 2.45) is 17.6 Å². The average molecular weight is 276 g/mol. The van der Waals surface area contributed by atoms with Gasteiger partial charge in [-0.3, -0.25) is 4.79 Å². The molecule has 2 rings (SSSR count). The molecule has 0 spiro atoms. The van der Waals surface area contributed by atoms with Gasteiger partial charge in [-0.1, -0.05) is 26.7 Å². The number of rotatable bonds is 4. The van der Waals surface area contributed by atoms with Gasteiger partial charge in [0.25, 0.3) is 5.91 Å². The largest absolute Gasteiger partial charge is 0.397 e. The van der Waals surface area contributed by atoms with Crippen LogP contribution in [0.15, 0.2) is 12.3 Å². The molecular weight excluding hydrogens is 252 g/mol. The Kier molecular flexibility index (Phi) is 4.47. The smallest absolute Gasteiger partial charge is 0.252 e. The molecule has 1 saturated carbocycles. The summed E-state index contributed by atoms with van der Waals surface area (Å²) in [5.41, 5.74) is 11.9. The van der Waals surface area contributed by atoms with Crippen molar-refractivity contribution in [2.45, 2.75) is 45.6 Å². The Hall–Kier alpha value is -1.78. The third-order valence-electron chi connectivity index (χ3n) is 4.17. The summed E-state index contributed by atoms with van der Waals surface area (Å²) < 4.78 is 0. The molecule has 0 bridgehead atoms. The van der Waals surface area contributed by atoms with Crippen LogP contribution in [0.1, 0.15) is 49.9 Å². The predicted octanol–water partition coefficient (Wildman–Crippen LogP) is 2.39. The van der Waals surface area contributed by atoms with Crippen LogP contribution in [0.2, 0.25) is 0 Å². The highest BCUT2D eigenvalue weighted by Gasteiger charge is 2.28. The van der Waals surface area contributed by atoms with Crippen molar-refractivity contribution in [3.63, 3.8) is 0 Å². The van der Waals surface area contributed by atoms with Crippen LogP contribution in [0.3, 0.4) is 0 Å². The molecule has 0 aromatic carbocycles. The summed E-state index contributed by atoms with van der Waals surface area (Å²) in [6, 6.07) is 1.93. The number of nitrogens with two attached hydrogens (primary N) is 2. The van der Waals surface area contributed by atoms with Gasteiger partial charge in [-0.15, -0.1) is 0 Å². The number of nitrogens with one attached hydrogen (secondary N) is 1. The van der Waals surface area contributed by atoms with Gasteiger partial charge in [0.15, 0.2) is 0 Å². The molecule has 1 heterocycles. The molecule has 0 saturated heterocycles. The Morgan fingerprint density at radius 1 is 1.40 bits per heavy atom. The molecule has 1 aliphatic rings. The Labute approximate surface area is 120 Å². The molecular formula is C15H24N4O. The number of anilines is 2. The van der Waals surface area contributed by atoms with Crippen LogP contribution in [-0.4, -0.2) is 16.9 Å². The van der Waals surface area contributed by atoms with Crippen LogP contribution < -0.4 is 16.8 Å². The lowest BCUT2D eigenvalue weighted by Gasteiger charge is -2.35. The van der Waals surface area contributed by atoms with Gasteiger partial charge in [-0.2, -0.15) is 0 Å². The molecule has 2 unspecified atom stereocenters. The second-order valence-electron chi connectivity index (χ2n) is 5.97. The maximum atomic E-state index is 11.5. The molecule has 110 valence electrons.